The molecule has 2 unspecified atom stereocenters. The Bertz CT molecular complexity index is 1230. The molecule has 0 bridgehead atoms. The Balaban J connectivity index is 0.000000256. The number of aryl methyl sites for hydroxylation is 2. The Kier molecular flexibility index (Phi) is 8.79. The first-order valence-electron chi connectivity index (χ1n) is 12.5. The van der Waals surface area contributed by atoms with Crippen molar-refractivity contribution in [2.45, 2.75) is 42.5 Å². The van der Waals surface area contributed by atoms with E-state index in [9.17, 15) is 8.42 Å². The van der Waals surface area contributed by atoms with Crippen molar-refractivity contribution in [2.75, 3.05) is 33.3 Å². The molecule has 2 atom stereocenters. The zero-order chi connectivity index (χ0) is 25.5. The second kappa shape index (κ2) is 12.0. The first-order valence-corrected chi connectivity index (χ1v) is 13.9. The molecule has 5 rings (SSSR count). The summed E-state index contributed by atoms with van der Waals surface area (Å²) in [6.45, 7) is 4.13. The van der Waals surface area contributed by atoms with Gasteiger partial charge in [-0.1, -0.05) is 36.4 Å². The maximum atomic E-state index is 10.3. The predicted octanol–water partition coefficient (Wildman–Crippen LogP) is 3.30. The quantitative estimate of drug-likeness (QED) is 0.353. The van der Waals surface area contributed by atoms with Gasteiger partial charge in [0, 0.05) is 31.7 Å². The number of nitrogens with one attached hydrogen (secondary N) is 1. The third kappa shape index (κ3) is 6.73. The van der Waals surface area contributed by atoms with Gasteiger partial charge in [0.1, 0.15) is 17.3 Å². The fraction of sp³-hybridized carbons (Fsp3) is 0.444. The monoisotopic (exact) mass is 512 g/mol. The molecule has 3 aromatic rings. The number of rotatable bonds is 8. The van der Waals surface area contributed by atoms with Crippen LogP contribution in [0, 0.1) is 0 Å². The van der Waals surface area contributed by atoms with Gasteiger partial charge in [0.15, 0.2) is 0 Å². The minimum Gasteiger partial charge on any atom is -0.492 e. The highest BCUT2D eigenvalue weighted by molar-refractivity contribution is 7.85. The molecule has 0 amide bonds. The number of benzene rings is 2. The van der Waals surface area contributed by atoms with E-state index in [1.807, 2.05) is 7.05 Å². The molecule has 2 N–H and O–H groups in total. The van der Waals surface area contributed by atoms with Crippen molar-refractivity contribution in [3.8, 4) is 5.75 Å². The summed E-state index contributed by atoms with van der Waals surface area (Å²) in [4.78, 5) is 2.51. The summed E-state index contributed by atoms with van der Waals surface area (Å²) in [6, 6.07) is 18.4. The molecular weight excluding hydrogens is 476 g/mol. The number of likely N-dealkylation sites (N-methyl/N-ethyl adjacent to an activating group) is 1. The van der Waals surface area contributed by atoms with E-state index in [1.165, 1.54) is 59.9 Å². The van der Waals surface area contributed by atoms with E-state index >= 15 is 0 Å². The van der Waals surface area contributed by atoms with Crippen LogP contribution in [0.5, 0.6) is 5.75 Å². The molecule has 1 aromatic heterocycles. The molecule has 1 fully saturated rings. The summed E-state index contributed by atoms with van der Waals surface area (Å²) < 4.78 is 36.4. The predicted molar refractivity (Wildman–Crippen MR) is 140 cm³/mol. The number of ether oxygens (including phenoxy) is 1. The van der Waals surface area contributed by atoms with Gasteiger partial charge >= 0.3 is 0 Å². The SMILES string of the molecule is CNCCOc1ccc2c(c1)C(Cc1ccccc1)C(N1CCC1)CC2.Cn1cc(S(=O)(=O)O)cn1. The molecule has 1 aliphatic heterocycles. The lowest BCUT2D eigenvalue weighted by molar-refractivity contribution is 0.0876. The molecule has 36 heavy (non-hydrogen) atoms. The number of fused-ring (bicyclic) bond motifs is 1. The molecule has 194 valence electrons. The zero-order valence-corrected chi connectivity index (χ0v) is 21.8. The average molecular weight is 513 g/mol. The first kappa shape index (κ1) is 26.3. The smallest absolute Gasteiger partial charge is 0.297 e. The highest BCUT2D eigenvalue weighted by Crippen LogP contribution is 2.40. The molecular formula is C27H36N4O4S. The van der Waals surface area contributed by atoms with Gasteiger partial charge in [-0.15, -0.1) is 0 Å². The minimum atomic E-state index is -4.07. The normalized spacial score (nSPS) is 19.5. The fourth-order valence-electron chi connectivity index (χ4n) is 4.97. The van der Waals surface area contributed by atoms with Crippen molar-refractivity contribution < 1.29 is 17.7 Å². The van der Waals surface area contributed by atoms with Crippen LogP contribution in [-0.2, 0) is 30.0 Å². The zero-order valence-electron chi connectivity index (χ0n) is 21.0. The summed E-state index contributed by atoms with van der Waals surface area (Å²) in [5.41, 5.74) is 4.47. The number of hydrogen-bond donors (Lipinski definition) is 2. The molecule has 1 saturated heterocycles. The van der Waals surface area contributed by atoms with Crippen LogP contribution in [-0.4, -0.2) is 67.0 Å². The van der Waals surface area contributed by atoms with Gasteiger partial charge in [0.25, 0.3) is 10.1 Å². The standard InChI is InChI=1S/C23H30N2O.C4H6N2O3S/c1-24-12-15-26-20-10-8-19-9-11-23(25-13-5-14-25)22(21(19)17-20)16-18-6-3-2-4-7-18;1-6-3-4(2-5-6)10(7,8)9/h2-4,6-8,10,17,22-24H,5,9,11-16H2,1H3;2-3H,1H3,(H,7,8,9). The van der Waals surface area contributed by atoms with Crippen LogP contribution in [0.15, 0.2) is 65.8 Å². The van der Waals surface area contributed by atoms with Crippen LogP contribution >= 0.6 is 0 Å². The second-order valence-corrected chi connectivity index (χ2v) is 10.9. The number of nitrogens with zero attached hydrogens (tertiary/aromatic N) is 3. The van der Waals surface area contributed by atoms with Crippen LogP contribution in [0.2, 0.25) is 0 Å². The fourth-order valence-corrected chi connectivity index (χ4v) is 5.44. The van der Waals surface area contributed by atoms with Crippen LogP contribution in [0.4, 0.5) is 0 Å². The maximum absolute atomic E-state index is 10.3. The summed E-state index contributed by atoms with van der Waals surface area (Å²) >= 11 is 0. The van der Waals surface area contributed by atoms with E-state index in [0.717, 1.165) is 24.9 Å². The van der Waals surface area contributed by atoms with Gasteiger partial charge in [0.2, 0.25) is 0 Å². The highest BCUT2D eigenvalue weighted by atomic mass is 32.2. The van der Waals surface area contributed by atoms with Gasteiger partial charge < -0.3 is 10.1 Å². The third-order valence-electron chi connectivity index (χ3n) is 6.95. The van der Waals surface area contributed by atoms with Gasteiger partial charge in [-0.05, 0) is 74.6 Å². The van der Waals surface area contributed by atoms with E-state index in [0.29, 0.717) is 18.6 Å². The van der Waals surface area contributed by atoms with Crippen molar-refractivity contribution in [1.82, 2.24) is 20.0 Å². The van der Waals surface area contributed by atoms with E-state index in [4.69, 9.17) is 9.29 Å². The lowest BCUT2D eigenvalue weighted by Gasteiger charge is -2.45. The molecule has 0 radical (unpaired) electrons. The summed E-state index contributed by atoms with van der Waals surface area (Å²) in [7, 11) is -0.539. The van der Waals surface area contributed by atoms with Crippen LogP contribution in [0.1, 0.15) is 35.4 Å². The van der Waals surface area contributed by atoms with Gasteiger partial charge in [-0.2, -0.15) is 13.5 Å². The van der Waals surface area contributed by atoms with Crippen molar-refractivity contribution in [3.05, 3.63) is 77.6 Å². The van der Waals surface area contributed by atoms with E-state index < -0.39 is 10.1 Å². The van der Waals surface area contributed by atoms with Crippen LogP contribution in [0.25, 0.3) is 0 Å². The molecule has 0 saturated carbocycles. The van der Waals surface area contributed by atoms with Gasteiger partial charge in [0.05, 0.1) is 6.20 Å². The molecule has 2 aliphatic rings. The Hall–Kier alpha value is -2.72. The highest BCUT2D eigenvalue weighted by Gasteiger charge is 2.36. The largest absolute Gasteiger partial charge is 0.492 e. The van der Waals surface area contributed by atoms with Crippen molar-refractivity contribution in [3.63, 3.8) is 0 Å². The average Bonchev–Trinajstić information content (AvgIpc) is 3.28. The van der Waals surface area contributed by atoms with Crippen LogP contribution in [0.3, 0.4) is 0 Å². The van der Waals surface area contributed by atoms with Crippen molar-refractivity contribution >= 4 is 10.1 Å². The van der Waals surface area contributed by atoms with E-state index in [1.54, 1.807) is 7.05 Å². The molecule has 2 aromatic carbocycles. The third-order valence-corrected chi connectivity index (χ3v) is 7.76. The summed E-state index contributed by atoms with van der Waals surface area (Å²) in [6.07, 6.45) is 7.25. The van der Waals surface area contributed by atoms with Crippen LogP contribution < -0.4 is 10.1 Å². The Labute approximate surface area is 214 Å². The second-order valence-electron chi connectivity index (χ2n) is 9.43. The Morgan fingerprint density at radius 2 is 1.94 bits per heavy atom. The number of likely N-dealkylation sites (tertiary alicyclic amines) is 1. The van der Waals surface area contributed by atoms with E-state index in [2.05, 4.69) is 63.8 Å². The minimum absolute atomic E-state index is 0.185. The lowest BCUT2D eigenvalue weighted by Crippen LogP contribution is -2.49. The Morgan fingerprint density at radius 3 is 2.53 bits per heavy atom. The summed E-state index contributed by atoms with van der Waals surface area (Å²) in [5, 5.41) is 6.71. The van der Waals surface area contributed by atoms with Crippen molar-refractivity contribution in [2.24, 2.45) is 7.05 Å². The number of aromatic nitrogens is 2. The molecule has 8 nitrogen and oxygen atoms in total. The van der Waals surface area contributed by atoms with Gasteiger partial charge in [-0.3, -0.25) is 14.1 Å². The topological polar surface area (TPSA) is 96.7 Å². The molecule has 0 spiro atoms. The molecule has 9 heteroatoms. The lowest BCUT2D eigenvalue weighted by atomic mass is 9.75. The van der Waals surface area contributed by atoms with Gasteiger partial charge in [-0.25, -0.2) is 0 Å². The maximum Gasteiger partial charge on any atom is 0.297 e. The first-order chi connectivity index (χ1) is 17.3. The van der Waals surface area contributed by atoms with E-state index in [-0.39, 0.29) is 4.90 Å². The van der Waals surface area contributed by atoms with Crippen molar-refractivity contribution in [1.29, 1.82) is 0 Å². The summed E-state index contributed by atoms with van der Waals surface area (Å²) in [5.74, 6) is 1.58. The number of hydrogen-bond acceptors (Lipinski definition) is 6. The Morgan fingerprint density at radius 1 is 1.17 bits per heavy atom. The molecule has 2 heterocycles. The molecule has 1 aliphatic carbocycles.